The van der Waals surface area contributed by atoms with Crippen molar-refractivity contribution < 1.29 is 9.84 Å². The van der Waals surface area contributed by atoms with E-state index in [0.717, 1.165) is 17.9 Å². The molecule has 1 aromatic carbocycles. The number of rotatable bonds is 10. The van der Waals surface area contributed by atoms with Crippen LogP contribution in [-0.2, 0) is 0 Å². The highest BCUT2D eigenvalue weighted by molar-refractivity contribution is 5.38. The van der Waals surface area contributed by atoms with Crippen molar-refractivity contribution in [2.24, 2.45) is 17.1 Å². The van der Waals surface area contributed by atoms with E-state index in [1.807, 2.05) is 36.4 Å². The molecule has 1 aromatic rings. The summed E-state index contributed by atoms with van der Waals surface area (Å²) in [5.74, 6) is 1.45. The summed E-state index contributed by atoms with van der Waals surface area (Å²) in [5, 5.41) is 10.5. The Hall–Kier alpha value is -1.32. The van der Waals surface area contributed by atoms with Crippen LogP contribution in [0.4, 0.5) is 0 Å². The van der Waals surface area contributed by atoms with Crippen molar-refractivity contribution in [3.63, 3.8) is 0 Å². The molecule has 122 valence electrons. The Morgan fingerprint density at radius 2 is 1.86 bits per heavy atom. The van der Waals surface area contributed by atoms with Crippen molar-refractivity contribution in [1.82, 2.24) is 0 Å². The number of aliphatic hydroxyl groups excluding tert-OH is 1. The molecule has 0 bridgehead atoms. The van der Waals surface area contributed by atoms with Crippen LogP contribution >= 0.6 is 0 Å². The number of hydrogen-bond donors (Lipinski definition) is 2. The van der Waals surface area contributed by atoms with Crippen LogP contribution in [0.25, 0.3) is 0 Å². The van der Waals surface area contributed by atoms with Gasteiger partial charge in [0.15, 0.2) is 0 Å². The average molecular weight is 303 g/mol. The van der Waals surface area contributed by atoms with Gasteiger partial charge in [-0.25, -0.2) is 0 Å². The van der Waals surface area contributed by atoms with Crippen LogP contribution < -0.4 is 10.5 Å². The molecule has 1 atom stereocenters. The number of aliphatic hydroxyl groups is 1. The number of nitrogens with two attached hydrogens (primary N) is 1. The molecule has 0 heterocycles. The summed E-state index contributed by atoms with van der Waals surface area (Å²) in [6.07, 6.45) is 8.16. The van der Waals surface area contributed by atoms with E-state index in [2.05, 4.69) is 13.8 Å². The van der Waals surface area contributed by atoms with Crippen molar-refractivity contribution in [2.75, 3.05) is 13.2 Å². The summed E-state index contributed by atoms with van der Waals surface area (Å²) >= 11 is 0. The van der Waals surface area contributed by atoms with E-state index in [1.165, 1.54) is 25.7 Å². The summed E-state index contributed by atoms with van der Waals surface area (Å²) in [7, 11) is 0. The maximum atomic E-state index is 10.5. The Labute approximate surface area is 134 Å². The zero-order valence-electron chi connectivity index (χ0n) is 13.8. The zero-order chi connectivity index (χ0) is 16.0. The minimum atomic E-state index is -0.580. The molecule has 3 nitrogen and oxygen atoms in total. The summed E-state index contributed by atoms with van der Waals surface area (Å²) in [5.41, 5.74) is 6.29. The minimum absolute atomic E-state index is 0.342. The SMILES string of the molecule is CCCC(CCC)COc1cccc([C@H](O)C2(CN)C=C2)c1. The molecule has 0 spiro atoms. The van der Waals surface area contributed by atoms with Gasteiger partial charge >= 0.3 is 0 Å². The lowest BCUT2D eigenvalue weighted by Crippen LogP contribution is -2.25. The Bertz CT molecular complexity index is 486. The molecule has 22 heavy (non-hydrogen) atoms. The lowest BCUT2D eigenvalue weighted by atomic mass is 9.91. The van der Waals surface area contributed by atoms with Gasteiger partial charge in [-0.1, -0.05) is 51.0 Å². The first-order chi connectivity index (χ1) is 10.6. The molecule has 3 N–H and O–H groups in total. The minimum Gasteiger partial charge on any atom is -0.493 e. The van der Waals surface area contributed by atoms with E-state index in [-0.39, 0.29) is 5.41 Å². The maximum Gasteiger partial charge on any atom is 0.119 e. The predicted octanol–water partition coefficient (Wildman–Crippen LogP) is 3.83. The second-order valence-electron chi connectivity index (χ2n) is 6.38. The van der Waals surface area contributed by atoms with E-state index in [0.29, 0.717) is 12.5 Å². The number of hydrogen-bond acceptors (Lipinski definition) is 3. The first-order valence-electron chi connectivity index (χ1n) is 8.46. The Morgan fingerprint density at radius 1 is 1.18 bits per heavy atom. The quantitative estimate of drug-likeness (QED) is 0.646. The lowest BCUT2D eigenvalue weighted by molar-refractivity contribution is 0.112. The first-order valence-corrected chi connectivity index (χ1v) is 8.46. The second kappa shape index (κ2) is 7.80. The molecule has 1 aliphatic rings. The monoisotopic (exact) mass is 303 g/mol. The van der Waals surface area contributed by atoms with Crippen molar-refractivity contribution in [3.8, 4) is 5.75 Å². The van der Waals surface area contributed by atoms with Gasteiger partial charge in [-0.05, 0) is 36.5 Å². The highest BCUT2D eigenvalue weighted by atomic mass is 16.5. The number of benzene rings is 1. The molecule has 0 amide bonds. The third kappa shape index (κ3) is 4.11. The maximum absolute atomic E-state index is 10.5. The predicted molar refractivity (Wildman–Crippen MR) is 90.8 cm³/mol. The number of ether oxygens (including phenoxy) is 1. The van der Waals surface area contributed by atoms with Crippen LogP contribution in [0, 0.1) is 11.3 Å². The third-order valence-corrected chi connectivity index (χ3v) is 4.51. The van der Waals surface area contributed by atoms with Gasteiger partial charge in [-0.2, -0.15) is 0 Å². The summed E-state index contributed by atoms with van der Waals surface area (Å²) in [6, 6.07) is 7.78. The molecule has 3 heteroatoms. The fourth-order valence-corrected chi connectivity index (χ4v) is 2.96. The van der Waals surface area contributed by atoms with Crippen molar-refractivity contribution in [1.29, 1.82) is 0 Å². The molecule has 2 rings (SSSR count). The molecular formula is C19H29NO2. The topological polar surface area (TPSA) is 55.5 Å². The fourth-order valence-electron chi connectivity index (χ4n) is 2.96. The van der Waals surface area contributed by atoms with E-state index >= 15 is 0 Å². The summed E-state index contributed by atoms with van der Waals surface area (Å²) in [6.45, 7) is 5.62. The van der Waals surface area contributed by atoms with Crippen LogP contribution in [0.2, 0.25) is 0 Å². The average Bonchev–Trinajstić information content (AvgIpc) is 3.34. The van der Waals surface area contributed by atoms with Crippen LogP contribution in [0.1, 0.15) is 51.2 Å². The normalized spacial score (nSPS) is 16.8. The third-order valence-electron chi connectivity index (χ3n) is 4.51. The smallest absolute Gasteiger partial charge is 0.119 e. The second-order valence-corrected chi connectivity index (χ2v) is 6.38. The molecule has 0 fully saturated rings. The van der Waals surface area contributed by atoms with Crippen LogP contribution in [0.5, 0.6) is 5.75 Å². The van der Waals surface area contributed by atoms with Gasteiger partial charge in [0.1, 0.15) is 5.75 Å². The van der Waals surface area contributed by atoms with Crippen LogP contribution in [0.3, 0.4) is 0 Å². The van der Waals surface area contributed by atoms with Crippen molar-refractivity contribution >= 4 is 0 Å². The van der Waals surface area contributed by atoms with E-state index in [1.54, 1.807) is 0 Å². The van der Waals surface area contributed by atoms with Gasteiger partial charge in [-0.3, -0.25) is 0 Å². The Morgan fingerprint density at radius 3 is 2.41 bits per heavy atom. The lowest BCUT2D eigenvalue weighted by Gasteiger charge is -2.22. The van der Waals surface area contributed by atoms with Gasteiger partial charge in [0.05, 0.1) is 12.7 Å². The summed E-state index contributed by atoms with van der Waals surface area (Å²) in [4.78, 5) is 0. The molecule has 0 aromatic heterocycles. The molecule has 0 saturated heterocycles. The molecule has 1 aliphatic carbocycles. The Kier molecular flexibility index (Phi) is 6.04. The van der Waals surface area contributed by atoms with Crippen LogP contribution in [-0.4, -0.2) is 18.3 Å². The van der Waals surface area contributed by atoms with Gasteiger partial charge in [-0.15, -0.1) is 0 Å². The largest absolute Gasteiger partial charge is 0.493 e. The molecule has 0 unspecified atom stereocenters. The van der Waals surface area contributed by atoms with Crippen molar-refractivity contribution in [3.05, 3.63) is 42.0 Å². The first kappa shape index (κ1) is 17.0. The van der Waals surface area contributed by atoms with Crippen LogP contribution in [0.15, 0.2) is 36.4 Å². The molecule has 0 aliphatic heterocycles. The van der Waals surface area contributed by atoms with E-state index in [4.69, 9.17) is 10.5 Å². The highest BCUT2D eigenvalue weighted by Crippen LogP contribution is 2.45. The molecule has 0 saturated carbocycles. The fraction of sp³-hybridized carbons (Fsp3) is 0.579. The van der Waals surface area contributed by atoms with E-state index in [9.17, 15) is 5.11 Å². The van der Waals surface area contributed by atoms with Crippen molar-refractivity contribution in [2.45, 2.75) is 45.6 Å². The van der Waals surface area contributed by atoms with E-state index < -0.39 is 6.10 Å². The standard InChI is InChI=1S/C19H29NO2/c1-3-6-15(7-4-2)13-22-17-9-5-8-16(12-17)18(21)19(14-20)10-11-19/h5,8-12,15,18,21H,3-4,6-7,13-14,20H2,1-2H3/t18-/m0/s1. The molecular weight excluding hydrogens is 274 g/mol. The van der Waals surface area contributed by atoms with Gasteiger partial charge in [0.2, 0.25) is 0 Å². The van der Waals surface area contributed by atoms with Gasteiger partial charge in [0.25, 0.3) is 0 Å². The van der Waals surface area contributed by atoms with Gasteiger partial charge < -0.3 is 15.6 Å². The molecule has 0 radical (unpaired) electrons. The Balaban J connectivity index is 1.96. The summed E-state index contributed by atoms with van der Waals surface area (Å²) < 4.78 is 5.97. The zero-order valence-corrected chi connectivity index (χ0v) is 13.8. The van der Waals surface area contributed by atoms with Gasteiger partial charge in [0, 0.05) is 12.0 Å². The highest BCUT2D eigenvalue weighted by Gasteiger charge is 2.41.